The van der Waals surface area contributed by atoms with E-state index in [1.165, 1.54) is 70.0 Å². The lowest BCUT2D eigenvalue weighted by Gasteiger charge is -2.13. The minimum absolute atomic E-state index is 0.202. The number of carbonyl (C=O) groups is 1. The van der Waals surface area contributed by atoms with Crippen molar-refractivity contribution in [2.75, 3.05) is 5.75 Å². The molecule has 0 saturated carbocycles. The Kier molecular flexibility index (Phi) is 14.4. The summed E-state index contributed by atoms with van der Waals surface area (Å²) in [5.41, 5.74) is 0. The number of hydrogen-bond donors (Lipinski definition) is 0. The lowest BCUT2D eigenvalue weighted by molar-refractivity contribution is -0.110. The number of hydrogen-bond acceptors (Lipinski definition) is 2. The first-order valence-corrected chi connectivity index (χ1v) is 9.34. The molecule has 0 saturated heterocycles. The summed E-state index contributed by atoms with van der Waals surface area (Å²) >= 11 is 1.96. The van der Waals surface area contributed by atoms with Crippen LogP contribution in [0.3, 0.4) is 0 Å². The lowest BCUT2D eigenvalue weighted by atomic mass is 10.1. The van der Waals surface area contributed by atoms with Gasteiger partial charge < -0.3 is 4.79 Å². The maximum Gasteiger partial charge on any atom is 0.123 e. The number of carbonyl (C=O) groups excluding carboxylic acids is 1. The molecule has 0 aromatic carbocycles. The van der Waals surface area contributed by atoms with Gasteiger partial charge in [-0.15, -0.1) is 0 Å². The van der Waals surface area contributed by atoms with Crippen LogP contribution >= 0.6 is 11.8 Å². The van der Waals surface area contributed by atoms with Crippen molar-refractivity contribution in [2.24, 2.45) is 5.92 Å². The second-order valence-electron chi connectivity index (χ2n) is 5.75. The molecular weight excluding hydrogens is 252 g/mol. The van der Waals surface area contributed by atoms with Crippen LogP contribution in [0.1, 0.15) is 85.0 Å². The summed E-state index contributed by atoms with van der Waals surface area (Å²) in [5.74, 6) is 1.42. The Morgan fingerprint density at radius 2 is 1.32 bits per heavy atom. The summed E-state index contributed by atoms with van der Waals surface area (Å²) < 4.78 is 0. The van der Waals surface area contributed by atoms with E-state index in [4.69, 9.17) is 0 Å². The predicted molar refractivity (Wildman–Crippen MR) is 89.0 cm³/mol. The standard InChI is InChI=1S/C17H34OS/c1-4-5-6-7-8-9-10-11-12-13-14-19-17(3)16(2)15-18/h15-17H,4-14H2,1-3H3/t16-,17-/m0/s1. The molecule has 0 amide bonds. The highest BCUT2D eigenvalue weighted by atomic mass is 32.2. The summed E-state index contributed by atoms with van der Waals surface area (Å²) in [4.78, 5) is 10.6. The molecule has 0 aliphatic carbocycles. The van der Waals surface area contributed by atoms with Crippen LogP contribution in [0.15, 0.2) is 0 Å². The molecule has 0 aliphatic heterocycles. The van der Waals surface area contributed by atoms with Crippen LogP contribution in [0.4, 0.5) is 0 Å². The quantitative estimate of drug-likeness (QED) is 0.294. The Hall–Kier alpha value is 0.0200. The Bertz CT molecular complexity index is 194. The third-order valence-corrected chi connectivity index (χ3v) is 5.31. The van der Waals surface area contributed by atoms with E-state index in [9.17, 15) is 4.79 Å². The van der Waals surface area contributed by atoms with E-state index in [1.54, 1.807) is 0 Å². The van der Waals surface area contributed by atoms with Crippen LogP contribution in [-0.4, -0.2) is 17.3 Å². The molecule has 2 heteroatoms. The Balaban J connectivity index is 3.12. The zero-order valence-electron chi connectivity index (χ0n) is 13.3. The van der Waals surface area contributed by atoms with Crippen molar-refractivity contribution >= 4 is 18.0 Å². The van der Waals surface area contributed by atoms with Crippen LogP contribution in [0.2, 0.25) is 0 Å². The van der Waals surface area contributed by atoms with E-state index in [2.05, 4.69) is 13.8 Å². The minimum Gasteiger partial charge on any atom is -0.303 e. The number of unbranched alkanes of at least 4 members (excludes halogenated alkanes) is 9. The fourth-order valence-electron chi connectivity index (χ4n) is 2.12. The van der Waals surface area contributed by atoms with E-state index in [-0.39, 0.29) is 5.92 Å². The highest BCUT2D eigenvalue weighted by molar-refractivity contribution is 7.99. The van der Waals surface area contributed by atoms with Crippen LogP contribution in [0, 0.1) is 5.92 Å². The minimum atomic E-state index is 0.202. The summed E-state index contributed by atoms with van der Waals surface area (Å²) in [6, 6.07) is 0. The molecule has 0 aromatic heterocycles. The molecule has 1 nitrogen and oxygen atoms in total. The molecule has 0 unspecified atom stereocenters. The first kappa shape index (κ1) is 19.0. The van der Waals surface area contributed by atoms with Crippen molar-refractivity contribution < 1.29 is 4.79 Å². The van der Waals surface area contributed by atoms with Gasteiger partial charge in [-0.25, -0.2) is 0 Å². The molecule has 0 radical (unpaired) electrons. The van der Waals surface area contributed by atoms with E-state index >= 15 is 0 Å². The smallest absolute Gasteiger partial charge is 0.123 e. The molecule has 0 spiro atoms. The van der Waals surface area contributed by atoms with Gasteiger partial charge in [-0.3, -0.25) is 0 Å². The van der Waals surface area contributed by atoms with Gasteiger partial charge in [0.25, 0.3) is 0 Å². The van der Waals surface area contributed by atoms with Gasteiger partial charge in [-0.1, -0.05) is 78.6 Å². The summed E-state index contributed by atoms with van der Waals surface area (Å²) in [6.45, 7) is 6.46. The second-order valence-corrected chi connectivity index (χ2v) is 7.24. The molecule has 0 N–H and O–H groups in total. The summed E-state index contributed by atoms with van der Waals surface area (Å²) in [7, 11) is 0. The van der Waals surface area contributed by atoms with Crippen LogP contribution in [0.25, 0.3) is 0 Å². The topological polar surface area (TPSA) is 17.1 Å². The van der Waals surface area contributed by atoms with Crippen molar-refractivity contribution in [1.82, 2.24) is 0 Å². The van der Waals surface area contributed by atoms with Gasteiger partial charge in [0.2, 0.25) is 0 Å². The number of thioether (sulfide) groups is 1. The molecule has 0 rings (SSSR count). The van der Waals surface area contributed by atoms with Gasteiger partial charge in [-0.05, 0) is 12.2 Å². The van der Waals surface area contributed by atoms with Gasteiger partial charge in [-0.2, -0.15) is 11.8 Å². The molecule has 0 fully saturated rings. The first-order valence-electron chi connectivity index (χ1n) is 8.29. The molecule has 0 aromatic rings. The highest BCUT2D eigenvalue weighted by Crippen LogP contribution is 2.20. The zero-order chi connectivity index (χ0) is 14.3. The lowest BCUT2D eigenvalue weighted by Crippen LogP contribution is -2.11. The third kappa shape index (κ3) is 12.8. The van der Waals surface area contributed by atoms with Crippen LogP contribution < -0.4 is 0 Å². The van der Waals surface area contributed by atoms with Gasteiger partial charge in [0, 0.05) is 11.2 Å². The van der Waals surface area contributed by atoms with Crippen molar-refractivity contribution in [1.29, 1.82) is 0 Å². The van der Waals surface area contributed by atoms with Crippen molar-refractivity contribution in [3.8, 4) is 0 Å². The van der Waals surface area contributed by atoms with Gasteiger partial charge in [0.1, 0.15) is 6.29 Å². The monoisotopic (exact) mass is 286 g/mol. The fraction of sp³-hybridized carbons (Fsp3) is 0.941. The predicted octanol–water partition coefficient (Wildman–Crippen LogP) is 5.86. The van der Waals surface area contributed by atoms with Crippen molar-refractivity contribution in [3.63, 3.8) is 0 Å². The highest BCUT2D eigenvalue weighted by Gasteiger charge is 2.10. The molecule has 0 bridgehead atoms. The summed E-state index contributed by atoms with van der Waals surface area (Å²) in [6.07, 6.45) is 15.1. The van der Waals surface area contributed by atoms with Crippen molar-refractivity contribution in [2.45, 2.75) is 90.2 Å². The molecule has 0 heterocycles. The average Bonchev–Trinajstić information content (AvgIpc) is 2.43. The van der Waals surface area contributed by atoms with Gasteiger partial charge in [0.15, 0.2) is 0 Å². The average molecular weight is 287 g/mol. The molecule has 2 atom stereocenters. The van der Waals surface area contributed by atoms with Crippen LogP contribution in [0.5, 0.6) is 0 Å². The fourth-order valence-corrected chi connectivity index (χ4v) is 3.23. The molecular formula is C17H34OS. The number of aldehydes is 1. The number of rotatable bonds is 14. The first-order chi connectivity index (χ1) is 9.22. The van der Waals surface area contributed by atoms with Crippen LogP contribution in [-0.2, 0) is 4.79 Å². The van der Waals surface area contributed by atoms with E-state index < -0.39 is 0 Å². The normalized spacial score (nSPS) is 14.3. The Morgan fingerprint density at radius 1 is 0.842 bits per heavy atom. The van der Waals surface area contributed by atoms with E-state index in [0.29, 0.717) is 5.25 Å². The van der Waals surface area contributed by atoms with Crippen molar-refractivity contribution in [3.05, 3.63) is 0 Å². The SMILES string of the molecule is CCCCCCCCCCCCS[C@@H](C)[C@@H](C)C=O. The van der Waals surface area contributed by atoms with Gasteiger partial charge >= 0.3 is 0 Å². The zero-order valence-corrected chi connectivity index (χ0v) is 14.1. The van der Waals surface area contributed by atoms with E-state index in [0.717, 1.165) is 6.29 Å². The maximum absolute atomic E-state index is 10.6. The second kappa shape index (κ2) is 14.4. The largest absolute Gasteiger partial charge is 0.303 e. The summed E-state index contributed by atoms with van der Waals surface area (Å²) in [5, 5.41) is 0.482. The van der Waals surface area contributed by atoms with Gasteiger partial charge in [0.05, 0.1) is 0 Å². The Morgan fingerprint density at radius 3 is 1.79 bits per heavy atom. The molecule has 19 heavy (non-hydrogen) atoms. The molecule has 114 valence electrons. The third-order valence-electron chi connectivity index (χ3n) is 3.83. The molecule has 0 aliphatic rings. The Labute approximate surface area is 125 Å². The maximum atomic E-state index is 10.6. The van der Waals surface area contributed by atoms with E-state index in [1.807, 2.05) is 18.7 Å².